The third kappa shape index (κ3) is 4.05. The molecule has 4 heteroatoms. The van der Waals surface area contributed by atoms with Gasteiger partial charge in [0, 0.05) is 38.4 Å². The van der Waals surface area contributed by atoms with Crippen LogP contribution in [0.15, 0.2) is 200 Å². The Labute approximate surface area is 334 Å². The first kappa shape index (κ1) is 31.5. The molecule has 8 aromatic carbocycles. The van der Waals surface area contributed by atoms with Gasteiger partial charge in [-0.3, -0.25) is 0 Å². The first-order valence-corrected chi connectivity index (χ1v) is 19.9. The molecule has 13 rings (SSSR count). The van der Waals surface area contributed by atoms with E-state index in [1.54, 1.807) is 0 Å². The van der Waals surface area contributed by atoms with Crippen LogP contribution in [0.5, 0.6) is 11.5 Å². The Morgan fingerprint density at radius 3 is 1.76 bits per heavy atom. The van der Waals surface area contributed by atoms with Crippen LogP contribution in [0.3, 0.4) is 0 Å². The molecule has 0 N–H and O–H groups in total. The van der Waals surface area contributed by atoms with E-state index in [1.807, 2.05) is 0 Å². The maximum absolute atomic E-state index is 7.29. The maximum atomic E-state index is 7.29. The summed E-state index contributed by atoms with van der Waals surface area (Å²) in [4.78, 5) is 5.23. The highest BCUT2D eigenvalue weighted by Gasteiger charge is 2.50. The highest BCUT2D eigenvalue weighted by Crippen LogP contribution is 2.62. The van der Waals surface area contributed by atoms with Crippen LogP contribution in [0.25, 0.3) is 77.5 Å². The van der Waals surface area contributed by atoms with Crippen molar-refractivity contribution in [1.82, 2.24) is 14.1 Å². The summed E-state index contributed by atoms with van der Waals surface area (Å²) in [5.74, 6) is 1.76. The molecule has 3 aromatic heterocycles. The van der Waals surface area contributed by atoms with Crippen LogP contribution in [0.2, 0.25) is 0 Å². The normalized spacial score (nSPS) is 15.1. The monoisotopic (exact) mass is 739 g/mol. The van der Waals surface area contributed by atoms with Crippen LogP contribution in [0.1, 0.15) is 22.3 Å². The predicted molar refractivity (Wildman–Crippen MR) is 236 cm³/mol. The van der Waals surface area contributed by atoms with E-state index < -0.39 is 5.41 Å². The van der Waals surface area contributed by atoms with Crippen LogP contribution < -0.4 is 4.74 Å². The van der Waals surface area contributed by atoms with Gasteiger partial charge in [0.1, 0.15) is 11.5 Å². The average molecular weight is 740 g/mol. The molecular formula is C54H33N3O. The van der Waals surface area contributed by atoms with E-state index in [4.69, 9.17) is 9.72 Å². The van der Waals surface area contributed by atoms with E-state index >= 15 is 0 Å². The maximum Gasteiger partial charge on any atom is 0.142 e. The van der Waals surface area contributed by atoms with Crippen molar-refractivity contribution in [2.24, 2.45) is 0 Å². The number of aromatic nitrogens is 3. The van der Waals surface area contributed by atoms with Gasteiger partial charge in [0.25, 0.3) is 0 Å². The Hall–Kier alpha value is -7.69. The second-order valence-electron chi connectivity index (χ2n) is 15.4. The van der Waals surface area contributed by atoms with Crippen molar-refractivity contribution in [3.8, 4) is 45.4 Å². The number of ether oxygens (including phenoxy) is 1. The summed E-state index contributed by atoms with van der Waals surface area (Å²) in [7, 11) is 0. The lowest BCUT2D eigenvalue weighted by atomic mass is 9.61. The number of benzene rings is 8. The summed E-state index contributed by atoms with van der Waals surface area (Å²) >= 11 is 0. The van der Waals surface area contributed by atoms with Gasteiger partial charge >= 0.3 is 0 Å². The second kappa shape index (κ2) is 11.7. The molecular weight excluding hydrogens is 707 g/mol. The van der Waals surface area contributed by atoms with Gasteiger partial charge in [-0.25, -0.2) is 4.98 Å². The topological polar surface area (TPSA) is 32.0 Å². The molecule has 1 atom stereocenters. The first-order valence-electron chi connectivity index (χ1n) is 19.9. The summed E-state index contributed by atoms with van der Waals surface area (Å²) in [6, 6.07) is 72.2. The summed E-state index contributed by atoms with van der Waals surface area (Å²) < 4.78 is 12.2. The lowest BCUT2D eigenvalue weighted by Gasteiger charge is -2.45. The minimum absolute atomic E-state index is 0.653. The smallest absolute Gasteiger partial charge is 0.142 e. The Morgan fingerprint density at radius 1 is 0.414 bits per heavy atom. The second-order valence-corrected chi connectivity index (χ2v) is 15.4. The highest BCUT2D eigenvalue weighted by molar-refractivity contribution is 6.15. The Bertz CT molecular complexity index is 3430. The Morgan fingerprint density at radius 2 is 1.00 bits per heavy atom. The van der Waals surface area contributed by atoms with Crippen LogP contribution in [0, 0.1) is 0 Å². The lowest BCUT2D eigenvalue weighted by molar-refractivity contribution is 0.439. The van der Waals surface area contributed by atoms with E-state index in [0.29, 0.717) is 0 Å². The highest BCUT2D eigenvalue weighted by atomic mass is 16.5. The van der Waals surface area contributed by atoms with Crippen LogP contribution >= 0.6 is 0 Å². The third-order valence-electron chi connectivity index (χ3n) is 12.6. The number of hydrogen-bond acceptors (Lipinski definition) is 2. The minimum atomic E-state index is -0.653. The third-order valence-corrected chi connectivity index (χ3v) is 12.6. The number of para-hydroxylation sites is 5. The van der Waals surface area contributed by atoms with E-state index in [2.05, 4.69) is 209 Å². The van der Waals surface area contributed by atoms with Gasteiger partial charge in [0.15, 0.2) is 0 Å². The van der Waals surface area contributed by atoms with E-state index in [1.165, 1.54) is 38.6 Å². The molecule has 0 fully saturated rings. The van der Waals surface area contributed by atoms with E-state index in [-0.39, 0.29) is 0 Å². The van der Waals surface area contributed by atoms with Crippen molar-refractivity contribution < 1.29 is 4.74 Å². The molecule has 1 unspecified atom stereocenters. The molecule has 2 aliphatic rings. The van der Waals surface area contributed by atoms with Crippen LogP contribution in [-0.4, -0.2) is 14.1 Å². The zero-order valence-electron chi connectivity index (χ0n) is 31.3. The van der Waals surface area contributed by atoms with Gasteiger partial charge in [-0.05, 0) is 53.6 Å². The van der Waals surface area contributed by atoms with Crippen molar-refractivity contribution in [2.75, 3.05) is 0 Å². The number of pyridine rings is 1. The molecule has 11 aromatic rings. The molecule has 0 aliphatic carbocycles. The molecule has 0 radical (unpaired) electrons. The zero-order chi connectivity index (χ0) is 38.0. The van der Waals surface area contributed by atoms with Gasteiger partial charge in [-0.2, -0.15) is 0 Å². The SMILES string of the molecule is c1ccc(-c2cc(-n3c4ccccc4c4c5c(ccc43)C3(c4ccccc4O5)c4ccccc4-n4c5ccccc5c5cccc3c54)cc(-c3ccccc3)n2)cc1. The van der Waals surface area contributed by atoms with Crippen molar-refractivity contribution in [3.63, 3.8) is 0 Å². The summed E-state index contributed by atoms with van der Waals surface area (Å²) in [5, 5.41) is 4.75. The molecule has 58 heavy (non-hydrogen) atoms. The molecule has 270 valence electrons. The van der Waals surface area contributed by atoms with Gasteiger partial charge < -0.3 is 13.9 Å². The zero-order valence-corrected chi connectivity index (χ0v) is 31.3. The molecule has 0 amide bonds. The van der Waals surface area contributed by atoms with Crippen molar-refractivity contribution in [2.45, 2.75) is 5.41 Å². The first-order chi connectivity index (χ1) is 28.8. The molecule has 2 aliphatic heterocycles. The summed E-state index contributed by atoms with van der Waals surface area (Å²) in [6.07, 6.45) is 0. The molecule has 0 bridgehead atoms. The summed E-state index contributed by atoms with van der Waals surface area (Å²) in [5.41, 5.74) is 15.0. The van der Waals surface area contributed by atoms with Gasteiger partial charge in [-0.1, -0.05) is 158 Å². The van der Waals surface area contributed by atoms with Crippen molar-refractivity contribution in [1.29, 1.82) is 0 Å². The van der Waals surface area contributed by atoms with Crippen molar-refractivity contribution >= 4 is 43.6 Å². The van der Waals surface area contributed by atoms with E-state index in [9.17, 15) is 0 Å². The van der Waals surface area contributed by atoms with Gasteiger partial charge in [-0.15, -0.1) is 0 Å². The van der Waals surface area contributed by atoms with Crippen molar-refractivity contribution in [3.05, 3.63) is 222 Å². The number of fused-ring (bicyclic) bond motifs is 15. The minimum Gasteiger partial charge on any atom is -0.456 e. The standard InChI is InChI=1S/C54H33N3O/c1-3-16-34(17-4-1)44-32-36(33-45(55-44)35-18-5-2-6-19-35)56-47-27-12-8-21-39(47)51-49(56)31-30-43-53(51)58-50-29-14-10-24-41(50)54(43)40-23-9-13-28-48(40)57-46-26-11-7-20-37(46)38-22-15-25-42(54)52(38)57/h1-33H. The fourth-order valence-electron chi connectivity index (χ4n) is 10.3. The molecule has 5 heterocycles. The Kier molecular flexibility index (Phi) is 6.34. The molecule has 1 spiro atoms. The average Bonchev–Trinajstić information content (AvgIpc) is 3.82. The Balaban J connectivity index is 1.16. The van der Waals surface area contributed by atoms with Gasteiger partial charge in [0.2, 0.25) is 0 Å². The lowest BCUT2D eigenvalue weighted by Crippen LogP contribution is -2.37. The van der Waals surface area contributed by atoms with Gasteiger partial charge in [0.05, 0.1) is 55.6 Å². The molecule has 0 saturated heterocycles. The quantitative estimate of drug-likeness (QED) is 0.181. The summed E-state index contributed by atoms with van der Waals surface area (Å²) in [6.45, 7) is 0. The fraction of sp³-hybridized carbons (Fsp3) is 0.0185. The number of hydrogen-bond donors (Lipinski definition) is 0. The number of rotatable bonds is 3. The molecule has 4 nitrogen and oxygen atoms in total. The predicted octanol–water partition coefficient (Wildman–Crippen LogP) is 13.4. The van der Waals surface area contributed by atoms with Crippen LogP contribution in [-0.2, 0) is 5.41 Å². The van der Waals surface area contributed by atoms with E-state index in [0.717, 1.165) is 72.6 Å². The number of nitrogens with zero attached hydrogens (tertiary/aromatic N) is 3. The molecule has 0 saturated carbocycles. The fourth-order valence-corrected chi connectivity index (χ4v) is 10.3. The van der Waals surface area contributed by atoms with Crippen LogP contribution in [0.4, 0.5) is 0 Å². The largest absolute Gasteiger partial charge is 0.456 e.